The minimum Gasteiger partial charge on any atom is -0.508 e. The molecule has 1 aliphatic rings. The van der Waals surface area contributed by atoms with E-state index in [1.807, 2.05) is 32.0 Å². The number of benzene rings is 2. The van der Waals surface area contributed by atoms with Crippen molar-refractivity contribution in [1.82, 2.24) is 0 Å². The Morgan fingerprint density at radius 3 is 2.30 bits per heavy atom. The molecule has 0 atom stereocenters. The molecule has 27 heavy (non-hydrogen) atoms. The number of methoxy groups -OCH3 is 1. The number of nitrogens with zero attached hydrogens (tertiary/aromatic N) is 1. The average molecular weight is 363 g/mol. The molecule has 0 spiro atoms. The number of ether oxygens (including phenoxy) is 1. The maximum absolute atomic E-state index is 13.2. The average Bonchev–Trinajstić information content (AvgIpc) is 2.89. The number of amides is 1. The molecule has 0 fully saturated rings. The van der Waals surface area contributed by atoms with Gasteiger partial charge >= 0.3 is 5.97 Å². The molecule has 3 rings (SSSR count). The monoisotopic (exact) mass is 363 g/mol. The highest BCUT2D eigenvalue weighted by atomic mass is 16.5. The van der Waals surface area contributed by atoms with Crippen molar-refractivity contribution in [2.45, 2.75) is 20.8 Å². The van der Waals surface area contributed by atoms with E-state index < -0.39 is 5.97 Å². The van der Waals surface area contributed by atoms with Crippen molar-refractivity contribution in [3.05, 3.63) is 76.0 Å². The Morgan fingerprint density at radius 1 is 1.04 bits per heavy atom. The number of phenolic OH excluding ortho intramolecular Hbond substituents is 1. The molecule has 5 heteroatoms. The van der Waals surface area contributed by atoms with Gasteiger partial charge in [-0.05, 0) is 67.8 Å². The van der Waals surface area contributed by atoms with Gasteiger partial charge in [0.05, 0.1) is 18.3 Å². The summed E-state index contributed by atoms with van der Waals surface area (Å²) in [6.07, 6.45) is 1.64. The fourth-order valence-electron chi connectivity index (χ4n) is 3.09. The zero-order valence-corrected chi connectivity index (χ0v) is 15.7. The Bertz CT molecular complexity index is 984. The Balaban J connectivity index is 2.14. The summed E-state index contributed by atoms with van der Waals surface area (Å²) in [7, 11) is 1.30. The molecule has 138 valence electrons. The third-order valence-electron chi connectivity index (χ3n) is 4.74. The molecule has 0 unspecified atom stereocenters. The van der Waals surface area contributed by atoms with Crippen molar-refractivity contribution in [3.63, 3.8) is 0 Å². The second-order valence-electron chi connectivity index (χ2n) is 6.51. The first-order valence-electron chi connectivity index (χ1n) is 8.55. The molecule has 2 aromatic carbocycles. The van der Waals surface area contributed by atoms with E-state index in [0.29, 0.717) is 16.9 Å². The van der Waals surface area contributed by atoms with Crippen LogP contribution in [-0.2, 0) is 14.3 Å². The summed E-state index contributed by atoms with van der Waals surface area (Å²) >= 11 is 0. The van der Waals surface area contributed by atoms with E-state index in [2.05, 4.69) is 0 Å². The highest BCUT2D eigenvalue weighted by Crippen LogP contribution is 2.36. The van der Waals surface area contributed by atoms with Crippen LogP contribution in [0.4, 0.5) is 5.69 Å². The van der Waals surface area contributed by atoms with Crippen LogP contribution >= 0.6 is 0 Å². The number of rotatable bonds is 3. The van der Waals surface area contributed by atoms with Crippen LogP contribution in [0.3, 0.4) is 0 Å². The van der Waals surface area contributed by atoms with Gasteiger partial charge in [-0.1, -0.05) is 18.2 Å². The van der Waals surface area contributed by atoms with Gasteiger partial charge in [-0.25, -0.2) is 4.79 Å². The van der Waals surface area contributed by atoms with Gasteiger partial charge in [0.15, 0.2) is 0 Å². The lowest BCUT2D eigenvalue weighted by Gasteiger charge is -2.19. The summed E-state index contributed by atoms with van der Waals surface area (Å²) in [4.78, 5) is 27.1. The first kappa shape index (κ1) is 18.5. The molecular weight excluding hydrogens is 342 g/mol. The highest BCUT2D eigenvalue weighted by Gasteiger charge is 2.37. The van der Waals surface area contributed by atoms with Crippen LogP contribution in [0.15, 0.2) is 59.3 Å². The molecule has 0 aliphatic carbocycles. The number of phenols is 1. The minimum atomic E-state index is -0.558. The molecule has 0 radical (unpaired) electrons. The second-order valence-corrected chi connectivity index (χ2v) is 6.51. The normalized spacial score (nSPS) is 15.6. The van der Waals surface area contributed by atoms with Gasteiger partial charge in [0.2, 0.25) is 0 Å². The third kappa shape index (κ3) is 3.36. The Kier molecular flexibility index (Phi) is 4.86. The number of carbonyl (C=O) groups is 2. The first-order chi connectivity index (χ1) is 12.8. The SMILES string of the molecule is COC(=O)C1=C(C)N(c2ccc(C)c(C)c2)C(=O)/C1=C\c1ccc(O)cc1. The highest BCUT2D eigenvalue weighted by molar-refractivity contribution is 6.23. The van der Waals surface area contributed by atoms with Gasteiger partial charge in [-0.3, -0.25) is 9.69 Å². The Labute approximate surface area is 158 Å². The van der Waals surface area contributed by atoms with Gasteiger partial charge in [0.1, 0.15) is 5.75 Å². The van der Waals surface area contributed by atoms with E-state index in [0.717, 1.165) is 11.1 Å². The van der Waals surface area contributed by atoms with Gasteiger partial charge in [-0.2, -0.15) is 0 Å². The summed E-state index contributed by atoms with van der Waals surface area (Å²) in [6, 6.07) is 12.2. The quantitative estimate of drug-likeness (QED) is 0.664. The molecule has 0 aromatic heterocycles. The van der Waals surface area contributed by atoms with E-state index in [1.54, 1.807) is 25.1 Å². The number of hydrogen-bond acceptors (Lipinski definition) is 4. The van der Waals surface area contributed by atoms with Crippen molar-refractivity contribution in [2.24, 2.45) is 0 Å². The fraction of sp³-hybridized carbons (Fsp3) is 0.182. The molecule has 1 aliphatic heterocycles. The largest absolute Gasteiger partial charge is 0.508 e. The summed E-state index contributed by atoms with van der Waals surface area (Å²) in [5.41, 5.74) is 4.63. The van der Waals surface area contributed by atoms with Gasteiger partial charge in [0.25, 0.3) is 5.91 Å². The summed E-state index contributed by atoms with van der Waals surface area (Å²) in [5.74, 6) is -0.715. The molecular formula is C22H21NO4. The topological polar surface area (TPSA) is 66.8 Å². The van der Waals surface area contributed by atoms with Crippen molar-refractivity contribution >= 4 is 23.6 Å². The van der Waals surface area contributed by atoms with Crippen LogP contribution in [0.1, 0.15) is 23.6 Å². The van der Waals surface area contributed by atoms with E-state index in [1.165, 1.54) is 24.1 Å². The Hall–Kier alpha value is -3.34. The summed E-state index contributed by atoms with van der Waals surface area (Å²) in [6.45, 7) is 5.72. The number of aryl methyl sites for hydroxylation is 2. The van der Waals surface area contributed by atoms with Gasteiger partial charge < -0.3 is 9.84 Å². The van der Waals surface area contributed by atoms with E-state index >= 15 is 0 Å². The van der Waals surface area contributed by atoms with Crippen LogP contribution in [0.5, 0.6) is 5.75 Å². The summed E-state index contributed by atoms with van der Waals surface area (Å²) < 4.78 is 4.91. The maximum Gasteiger partial charge on any atom is 0.340 e. The molecule has 2 aromatic rings. The fourth-order valence-corrected chi connectivity index (χ4v) is 3.09. The van der Waals surface area contributed by atoms with E-state index in [-0.39, 0.29) is 22.8 Å². The van der Waals surface area contributed by atoms with E-state index in [9.17, 15) is 14.7 Å². The number of esters is 1. The van der Waals surface area contributed by atoms with Gasteiger partial charge in [0, 0.05) is 11.4 Å². The van der Waals surface area contributed by atoms with Crippen molar-refractivity contribution in [3.8, 4) is 5.75 Å². The summed E-state index contributed by atoms with van der Waals surface area (Å²) in [5, 5.41) is 9.45. The van der Waals surface area contributed by atoms with E-state index in [4.69, 9.17) is 4.74 Å². The molecule has 1 N–H and O–H groups in total. The van der Waals surface area contributed by atoms with Crippen LogP contribution in [-0.4, -0.2) is 24.1 Å². The molecule has 1 amide bonds. The molecule has 0 saturated carbocycles. The smallest absolute Gasteiger partial charge is 0.340 e. The van der Waals surface area contributed by atoms with Crippen LogP contribution < -0.4 is 4.90 Å². The lowest BCUT2D eigenvalue weighted by atomic mass is 10.0. The number of aromatic hydroxyl groups is 1. The van der Waals surface area contributed by atoms with Crippen molar-refractivity contribution in [1.29, 1.82) is 0 Å². The predicted octanol–water partition coefficient (Wildman–Crippen LogP) is 3.89. The van der Waals surface area contributed by atoms with Crippen LogP contribution in [0.2, 0.25) is 0 Å². The number of carbonyl (C=O) groups excluding carboxylic acids is 2. The van der Waals surface area contributed by atoms with Crippen molar-refractivity contribution in [2.75, 3.05) is 12.0 Å². The van der Waals surface area contributed by atoms with Crippen molar-refractivity contribution < 1.29 is 19.4 Å². The lowest BCUT2D eigenvalue weighted by Crippen LogP contribution is -2.24. The van der Waals surface area contributed by atoms with Crippen LogP contribution in [0.25, 0.3) is 6.08 Å². The lowest BCUT2D eigenvalue weighted by molar-refractivity contribution is -0.136. The van der Waals surface area contributed by atoms with Gasteiger partial charge in [-0.15, -0.1) is 0 Å². The number of anilines is 1. The molecule has 1 heterocycles. The number of hydrogen-bond donors (Lipinski definition) is 1. The third-order valence-corrected chi connectivity index (χ3v) is 4.74. The maximum atomic E-state index is 13.2. The molecule has 0 bridgehead atoms. The standard InChI is InChI=1S/C22H21NO4/c1-13-5-8-17(11-14(13)2)23-15(3)20(22(26)27-4)19(21(23)25)12-16-6-9-18(24)10-7-16/h5-12,24H,1-4H3/b19-12-. The predicted molar refractivity (Wildman–Crippen MR) is 104 cm³/mol. The first-order valence-corrected chi connectivity index (χ1v) is 8.55. The van der Waals surface area contributed by atoms with Crippen LogP contribution in [0, 0.1) is 13.8 Å². The molecule has 5 nitrogen and oxygen atoms in total. The second kappa shape index (κ2) is 7.11. The molecule has 0 saturated heterocycles. The number of allylic oxidation sites excluding steroid dienone is 1. The Morgan fingerprint density at radius 2 is 1.70 bits per heavy atom. The zero-order chi connectivity index (χ0) is 19.7. The zero-order valence-electron chi connectivity index (χ0n) is 15.7. The minimum absolute atomic E-state index is 0.131.